The van der Waals surface area contributed by atoms with Gasteiger partial charge in [-0.15, -0.1) is 0 Å². The van der Waals surface area contributed by atoms with E-state index in [-0.39, 0.29) is 69.9 Å². The van der Waals surface area contributed by atoms with Gasteiger partial charge >= 0.3 is 5.97 Å². The number of carboxylic acid groups (broad SMARTS) is 1. The summed E-state index contributed by atoms with van der Waals surface area (Å²) in [5.41, 5.74) is 28.6. The topological polar surface area (TPSA) is 450 Å². The molecule has 9 amide bonds. The van der Waals surface area contributed by atoms with E-state index in [1.54, 1.807) is 58.0 Å². The first-order valence-electron chi connectivity index (χ1n) is 23.9. The van der Waals surface area contributed by atoms with E-state index in [1.807, 2.05) is 0 Å². The van der Waals surface area contributed by atoms with Gasteiger partial charge in [0.2, 0.25) is 53.2 Å². The SMILES string of the molecule is CC(C)C[C@H](NC(=O)[C@H](C)NC(=O)[C@H](C)NC(=O)[C@H](CCC(N)=O)NC(=O)[C@@H](N)Cc1ccccc1)C(=O)N[C@@H](CO)C(=O)N[C@@H](CCCN=C(N)N)C(=O)N[C@@H](CCCCN)C(=O)N[C@H](C(=O)O)C(C)C. The minimum Gasteiger partial charge on any atom is -0.480 e. The first-order valence-corrected chi connectivity index (χ1v) is 23.9. The number of carbonyl (C=O) groups is 10. The highest BCUT2D eigenvalue weighted by Crippen LogP contribution is 2.10. The molecular formula is C46H78N14O12. The summed E-state index contributed by atoms with van der Waals surface area (Å²) in [4.78, 5) is 135. The molecule has 1 rings (SSSR count). The highest BCUT2D eigenvalue weighted by molar-refractivity contribution is 5.98. The lowest BCUT2D eigenvalue weighted by Crippen LogP contribution is -2.60. The van der Waals surface area contributed by atoms with E-state index in [0.29, 0.717) is 12.8 Å². The molecule has 404 valence electrons. The number of carbonyl (C=O) groups excluding carboxylic acids is 9. The molecule has 0 aliphatic carbocycles. The summed E-state index contributed by atoms with van der Waals surface area (Å²) >= 11 is 0. The summed E-state index contributed by atoms with van der Waals surface area (Å²) in [6.07, 6.45) is 0.624. The third-order valence-corrected chi connectivity index (χ3v) is 11.0. The van der Waals surface area contributed by atoms with Gasteiger partial charge in [0.05, 0.1) is 12.6 Å². The van der Waals surface area contributed by atoms with Crippen molar-refractivity contribution in [2.24, 2.45) is 45.5 Å². The number of aliphatic hydroxyl groups is 1. The van der Waals surface area contributed by atoms with Crippen molar-refractivity contribution in [3.05, 3.63) is 35.9 Å². The number of benzene rings is 1. The average molecular weight is 1020 g/mol. The van der Waals surface area contributed by atoms with Gasteiger partial charge < -0.3 is 81.4 Å². The molecular weight excluding hydrogens is 941 g/mol. The van der Waals surface area contributed by atoms with Crippen LogP contribution in [0.4, 0.5) is 0 Å². The molecule has 1 aromatic carbocycles. The Kier molecular flexibility index (Phi) is 28.8. The number of guanidine groups is 1. The van der Waals surface area contributed by atoms with Crippen molar-refractivity contribution >= 4 is 65.1 Å². The van der Waals surface area contributed by atoms with Crippen molar-refractivity contribution < 1.29 is 58.2 Å². The van der Waals surface area contributed by atoms with Crippen LogP contribution in [0, 0.1) is 11.8 Å². The molecule has 9 atom stereocenters. The summed E-state index contributed by atoms with van der Waals surface area (Å²) in [7, 11) is 0. The van der Waals surface area contributed by atoms with Gasteiger partial charge in [-0.25, -0.2) is 4.79 Å². The summed E-state index contributed by atoms with van der Waals surface area (Å²) in [5, 5.41) is 39.8. The Hall–Kier alpha value is -6.93. The summed E-state index contributed by atoms with van der Waals surface area (Å²) in [5.74, 6) is -9.80. The first-order chi connectivity index (χ1) is 33.8. The maximum atomic E-state index is 13.8. The molecule has 20 N–H and O–H groups in total. The van der Waals surface area contributed by atoms with Gasteiger partial charge in [-0.3, -0.25) is 48.1 Å². The van der Waals surface area contributed by atoms with Gasteiger partial charge in [0.1, 0.15) is 48.3 Å². The molecule has 0 saturated heterocycles. The van der Waals surface area contributed by atoms with Crippen LogP contribution >= 0.6 is 0 Å². The number of hydrogen-bond acceptors (Lipinski definition) is 14. The predicted molar refractivity (Wildman–Crippen MR) is 265 cm³/mol. The van der Waals surface area contributed by atoms with E-state index in [2.05, 4.69) is 47.5 Å². The number of hydrogen-bond donors (Lipinski definition) is 15. The zero-order valence-corrected chi connectivity index (χ0v) is 42.0. The van der Waals surface area contributed by atoms with Crippen molar-refractivity contribution in [3.8, 4) is 0 Å². The number of primary amides is 1. The van der Waals surface area contributed by atoms with E-state index >= 15 is 0 Å². The fourth-order valence-electron chi connectivity index (χ4n) is 6.89. The van der Waals surface area contributed by atoms with Crippen LogP contribution in [0.1, 0.15) is 98.5 Å². The van der Waals surface area contributed by atoms with E-state index in [0.717, 1.165) is 5.56 Å². The van der Waals surface area contributed by atoms with E-state index < -0.39 is 126 Å². The smallest absolute Gasteiger partial charge is 0.326 e. The van der Waals surface area contributed by atoms with Crippen LogP contribution in [0.3, 0.4) is 0 Å². The summed E-state index contributed by atoms with van der Waals surface area (Å²) in [6.45, 7) is 8.63. The van der Waals surface area contributed by atoms with Crippen LogP contribution in [0.5, 0.6) is 0 Å². The number of nitrogens with zero attached hydrogens (tertiary/aromatic N) is 1. The Balaban J connectivity index is 3.16. The number of aliphatic imine (C=N–C) groups is 1. The summed E-state index contributed by atoms with van der Waals surface area (Å²) < 4.78 is 0. The molecule has 0 aliphatic heterocycles. The number of amides is 9. The number of unbranched alkanes of at least 4 members (excludes halogenated alkanes) is 1. The maximum absolute atomic E-state index is 13.8. The lowest BCUT2D eigenvalue weighted by Gasteiger charge is -2.27. The Bertz CT molecular complexity index is 2000. The van der Waals surface area contributed by atoms with E-state index in [9.17, 15) is 58.2 Å². The highest BCUT2D eigenvalue weighted by atomic mass is 16.4. The number of nitrogens with two attached hydrogens (primary N) is 5. The molecule has 0 aliphatic rings. The van der Waals surface area contributed by atoms with Crippen molar-refractivity contribution in [1.29, 1.82) is 0 Å². The van der Waals surface area contributed by atoms with Crippen molar-refractivity contribution in [2.45, 2.75) is 154 Å². The summed E-state index contributed by atoms with van der Waals surface area (Å²) in [6, 6.07) is -3.00. The normalized spacial score (nSPS) is 14.8. The molecule has 0 spiro atoms. The lowest BCUT2D eigenvalue weighted by molar-refractivity contribution is -0.143. The van der Waals surface area contributed by atoms with Crippen molar-refractivity contribution in [1.82, 2.24) is 42.5 Å². The monoisotopic (exact) mass is 1020 g/mol. The van der Waals surface area contributed by atoms with Crippen LogP contribution < -0.4 is 71.2 Å². The zero-order valence-electron chi connectivity index (χ0n) is 42.0. The molecule has 0 heterocycles. The Morgan fingerprint density at radius 2 is 1.03 bits per heavy atom. The third-order valence-electron chi connectivity index (χ3n) is 11.0. The molecule has 0 bridgehead atoms. The minimum atomic E-state index is -1.68. The van der Waals surface area contributed by atoms with Crippen molar-refractivity contribution in [3.63, 3.8) is 0 Å². The number of aliphatic hydroxyl groups excluding tert-OH is 1. The lowest BCUT2D eigenvalue weighted by atomic mass is 10.0. The largest absolute Gasteiger partial charge is 0.480 e. The Morgan fingerprint density at radius 1 is 0.569 bits per heavy atom. The molecule has 0 aromatic heterocycles. The maximum Gasteiger partial charge on any atom is 0.326 e. The van der Waals surface area contributed by atoms with Gasteiger partial charge in [0.25, 0.3) is 0 Å². The first kappa shape index (κ1) is 63.1. The quantitative estimate of drug-likeness (QED) is 0.0176. The Morgan fingerprint density at radius 3 is 1.54 bits per heavy atom. The Labute approximate surface area is 419 Å². The van der Waals surface area contributed by atoms with Crippen LogP contribution in [-0.4, -0.2) is 149 Å². The minimum absolute atomic E-state index is 0.0147. The molecule has 0 fully saturated rings. The number of rotatable bonds is 34. The second-order valence-electron chi connectivity index (χ2n) is 18.2. The molecule has 26 nitrogen and oxygen atoms in total. The van der Waals surface area contributed by atoms with Crippen LogP contribution in [0.15, 0.2) is 35.3 Å². The molecule has 0 radical (unpaired) electrons. The fourth-order valence-corrected chi connectivity index (χ4v) is 6.89. The zero-order chi connectivity index (χ0) is 54.7. The van der Waals surface area contributed by atoms with Gasteiger partial charge in [-0.1, -0.05) is 58.0 Å². The molecule has 26 heteroatoms. The van der Waals surface area contributed by atoms with Crippen LogP contribution in [0.25, 0.3) is 0 Å². The number of carboxylic acids is 1. The van der Waals surface area contributed by atoms with E-state index in [1.165, 1.54) is 13.8 Å². The van der Waals surface area contributed by atoms with Gasteiger partial charge in [-0.05, 0) is 89.2 Å². The predicted octanol–water partition coefficient (Wildman–Crippen LogP) is -4.30. The standard InChI is InChI=1S/C46H78N14O12/c1-24(2)21-33(58-38(64)27(6)53-37(63)26(5)54-40(66)32(17-18-35(49)62)55-39(65)29(48)22-28-13-8-7-9-14-28)43(69)59-34(23-61)44(70)57-31(16-12-20-52-46(50)51)41(67)56-30(15-10-11-19-47)42(68)60-36(25(3)4)45(71)72/h7-9,13-14,24-27,29-34,36,61H,10-12,15-23,47-48H2,1-6H3,(H2,49,62)(H,53,63)(H,54,66)(H,55,65)(H,56,67)(H,57,70)(H,58,64)(H,59,69)(H,60,68)(H,71,72)(H4,50,51,52)/t26-,27-,29-,30-,31-,32-,33-,34-,36-/m0/s1. The highest BCUT2D eigenvalue weighted by Gasteiger charge is 2.34. The third kappa shape index (κ3) is 24.3. The molecule has 1 aromatic rings. The van der Waals surface area contributed by atoms with E-state index in [4.69, 9.17) is 28.7 Å². The molecule has 72 heavy (non-hydrogen) atoms. The van der Waals surface area contributed by atoms with Gasteiger partial charge in [0.15, 0.2) is 5.96 Å². The number of aliphatic carboxylic acids is 1. The number of nitrogens with one attached hydrogen (secondary N) is 8. The average Bonchev–Trinajstić information content (AvgIpc) is 3.30. The van der Waals surface area contributed by atoms with Crippen molar-refractivity contribution in [2.75, 3.05) is 19.7 Å². The molecule has 0 unspecified atom stereocenters. The fraction of sp³-hybridized carbons (Fsp3) is 0.630. The second-order valence-corrected chi connectivity index (χ2v) is 18.2. The van der Waals surface area contributed by atoms with Gasteiger partial charge in [0, 0.05) is 13.0 Å². The molecule has 0 saturated carbocycles. The van der Waals surface area contributed by atoms with Gasteiger partial charge in [-0.2, -0.15) is 0 Å². The second kappa shape index (κ2) is 32.9. The van der Waals surface area contributed by atoms with Crippen LogP contribution in [-0.2, 0) is 54.4 Å². The van der Waals surface area contributed by atoms with Crippen LogP contribution in [0.2, 0.25) is 0 Å².